The van der Waals surface area contributed by atoms with E-state index in [9.17, 15) is 18.3 Å². The number of nitrogens with zero attached hydrogens (tertiary/aromatic N) is 3. The monoisotopic (exact) mass is 513 g/mol. The summed E-state index contributed by atoms with van der Waals surface area (Å²) >= 11 is 0. The number of sulfonamides is 1. The second-order valence-corrected chi connectivity index (χ2v) is 11.5. The molecule has 0 unspecified atom stereocenters. The first-order chi connectivity index (χ1) is 17.0. The molecule has 0 radical (unpaired) electrons. The Balaban J connectivity index is 1.96. The number of rotatable bonds is 6. The molecule has 3 rings (SSSR count). The SMILES string of the molecule is CC(C)C#Cc1ccc2c(c1)O[C@@H](CN(C)C(=O)Cc1ccccn1)[C@@H](C)CN([C@@H](C)CO)S2(=O)=O. The largest absolute Gasteiger partial charge is 0.487 e. The second kappa shape index (κ2) is 11.9. The first-order valence-corrected chi connectivity index (χ1v) is 13.6. The summed E-state index contributed by atoms with van der Waals surface area (Å²) in [4.78, 5) is 18.7. The van der Waals surface area contributed by atoms with Gasteiger partial charge in [-0.15, -0.1) is 0 Å². The minimum Gasteiger partial charge on any atom is -0.487 e. The van der Waals surface area contributed by atoms with Crippen LogP contribution < -0.4 is 4.74 Å². The fourth-order valence-corrected chi connectivity index (χ4v) is 5.74. The van der Waals surface area contributed by atoms with Crippen molar-refractivity contribution in [1.82, 2.24) is 14.2 Å². The maximum atomic E-state index is 13.6. The number of likely N-dealkylation sites (N-methyl/N-ethyl adjacent to an activating group) is 1. The number of ether oxygens (including phenoxy) is 1. The van der Waals surface area contributed by atoms with Crippen LogP contribution in [0.15, 0.2) is 47.5 Å². The topological polar surface area (TPSA) is 100 Å². The van der Waals surface area contributed by atoms with E-state index in [1.165, 1.54) is 10.4 Å². The van der Waals surface area contributed by atoms with Gasteiger partial charge in [0.05, 0.1) is 19.6 Å². The molecule has 36 heavy (non-hydrogen) atoms. The van der Waals surface area contributed by atoms with Gasteiger partial charge in [-0.1, -0.05) is 38.7 Å². The highest BCUT2D eigenvalue weighted by Gasteiger charge is 2.38. The molecular weight excluding hydrogens is 478 g/mol. The Morgan fingerprint density at radius 1 is 1.28 bits per heavy atom. The smallest absolute Gasteiger partial charge is 0.247 e. The molecule has 1 N–H and O–H groups in total. The Kier molecular flexibility index (Phi) is 9.12. The van der Waals surface area contributed by atoms with Crippen LogP contribution in [0, 0.1) is 23.7 Å². The number of benzene rings is 1. The van der Waals surface area contributed by atoms with Crippen molar-refractivity contribution >= 4 is 15.9 Å². The molecule has 9 heteroatoms. The molecule has 0 spiro atoms. The first kappa shape index (κ1) is 27.7. The van der Waals surface area contributed by atoms with Gasteiger partial charge in [-0.2, -0.15) is 4.31 Å². The van der Waals surface area contributed by atoms with E-state index in [-0.39, 0.29) is 54.5 Å². The molecule has 1 amide bonds. The molecule has 8 nitrogen and oxygen atoms in total. The highest BCUT2D eigenvalue weighted by molar-refractivity contribution is 7.89. The van der Waals surface area contributed by atoms with Gasteiger partial charge in [0.15, 0.2) is 0 Å². The maximum absolute atomic E-state index is 13.6. The lowest BCUT2D eigenvalue weighted by Gasteiger charge is -2.37. The average Bonchev–Trinajstić information content (AvgIpc) is 2.84. The molecule has 0 saturated heterocycles. The van der Waals surface area contributed by atoms with E-state index < -0.39 is 22.2 Å². The van der Waals surface area contributed by atoms with E-state index in [1.807, 2.05) is 26.8 Å². The molecule has 1 aromatic carbocycles. The number of aliphatic hydroxyl groups excluding tert-OH is 1. The Hall–Kier alpha value is -2.93. The number of pyridine rings is 1. The number of hydrogen-bond acceptors (Lipinski definition) is 6. The van der Waals surface area contributed by atoms with Crippen LogP contribution in [0.5, 0.6) is 5.75 Å². The van der Waals surface area contributed by atoms with Gasteiger partial charge in [-0.25, -0.2) is 8.42 Å². The van der Waals surface area contributed by atoms with Crippen LogP contribution in [-0.2, 0) is 21.2 Å². The standard InChI is InChI=1S/C27H35N3O5S/c1-19(2)9-10-22-11-12-26-24(14-22)35-25(20(3)16-30(21(4)18-31)36(26,33)34)17-29(5)27(32)15-23-8-6-7-13-28-23/h6-8,11-14,19-21,25,31H,15-18H2,1-5H3/t20-,21-,25-/m0/s1. The van der Waals surface area contributed by atoms with Crippen LogP contribution in [0.4, 0.5) is 0 Å². The van der Waals surface area contributed by atoms with E-state index in [1.54, 1.807) is 49.3 Å². The molecule has 3 atom stereocenters. The fourth-order valence-electron chi connectivity index (χ4n) is 3.91. The summed E-state index contributed by atoms with van der Waals surface area (Å²) in [5, 5.41) is 9.79. The normalized spacial score (nSPS) is 20.2. The first-order valence-electron chi connectivity index (χ1n) is 12.1. The summed E-state index contributed by atoms with van der Waals surface area (Å²) in [7, 11) is -2.23. The predicted octanol–water partition coefficient (Wildman–Crippen LogP) is 2.56. The zero-order valence-corrected chi connectivity index (χ0v) is 22.3. The summed E-state index contributed by atoms with van der Waals surface area (Å²) in [6.07, 6.45) is 1.32. The van der Waals surface area contributed by atoms with Gasteiger partial charge in [0, 0.05) is 48.9 Å². The van der Waals surface area contributed by atoms with Crippen LogP contribution in [0.2, 0.25) is 0 Å². The molecule has 2 aromatic rings. The molecule has 1 aliphatic heterocycles. The molecule has 1 aromatic heterocycles. The molecule has 0 aliphatic carbocycles. The summed E-state index contributed by atoms with van der Waals surface area (Å²) in [6, 6.07) is 9.64. The number of hydrogen-bond donors (Lipinski definition) is 1. The molecule has 0 fully saturated rings. The lowest BCUT2D eigenvalue weighted by atomic mass is 10.0. The van der Waals surface area contributed by atoms with E-state index in [2.05, 4.69) is 16.8 Å². The fraction of sp³-hybridized carbons (Fsp3) is 0.481. The number of amides is 1. The third-order valence-corrected chi connectivity index (χ3v) is 8.13. The minimum absolute atomic E-state index is 0.0252. The third-order valence-electron chi connectivity index (χ3n) is 6.11. The van der Waals surface area contributed by atoms with Crippen LogP contribution in [0.25, 0.3) is 0 Å². The van der Waals surface area contributed by atoms with Crippen LogP contribution in [0.3, 0.4) is 0 Å². The second-order valence-electron chi connectivity index (χ2n) is 9.60. The number of aromatic nitrogens is 1. The van der Waals surface area contributed by atoms with Gasteiger partial charge in [0.2, 0.25) is 15.9 Å². The summed E-state index contributed by atoms with van der Waals surface area (Å²) in [6.45, 7) is 7.61. The Bertz CT molecular complexity index is 1220. The van der Waals surface area contributed by atoms with Gasteiger partial charge in [0.25, 0.3) is 0 Å². The summed E-state index contributed by atoms with van der Waals surface area (Å²) in [5.41, 5.74) is 1.32. The number of fused-ring (bicyclic) bond motifs is 1. The lowest BCUT2D eigenvalue weighted by molar-refractivity contribution is -0.130. The van der Waals surface area contributed by atoms with Crippen LogP contribution in [0.1, 0.15) is 39.0 Å². The summed E-state index contributed by atoms with van der Waals surface area (Å²) < 4.78 is 34.8. The quantitative estimate of drug-likeness (QED) is 0.596. The van der Waals surface area contributed by atoms with Crippen molar-refractivity contribution in [2.24, 2.45) is 11.8 Å². The molecule has 0 saturated carbocycles. The Labute approximate surface area is 214 Å². The lowest BCUT2D eigenvalue weighted by Crippen LogP contribution is -2.50. The van der Waals surface area contributed by atoms with Crippen molar-refractivity contribution in [3.8, 4) is 17.6 Å². The van der Waals surface area contributed by atoms with Crippen molar-refractivity contribution in [1.29, 1.82) is 0 Å². The van der Waals surface area contributed by atoms with Gasteiger partial charge >= 0.3 is 0 Å². The highest BCUT2D eigenvalue weighted by Crippen LogP contribution is 2.34. The molecule has 194 valence electrons. The van der Waals surface area contributed by atoms with E-state index in [0.29, 0.717) is 11.3 Å². The molecule has 2 heterocycles. The Morgan fingerprint density at radius 2 is 2.03 bits per heavy atom. The number of carbonyl (C=O) groups excluding carboxylic acids is 1. The van der Waals surface area contributed by atoms with E-state index in [0.717, 1.165) is 0 Å². The third kappa shape index (κ3) is 6.64. The molecular formula is C27H35N3O5S. The predicted molar refractivity (Wildman–Crippen MR) is 138 cm³/mol. The van der Waals surface area contributed by atoms with Crippen molar-refractivity contribution in [2.45, 2.75) is 51.2 Å². The molecule has 0 bridgehead atoms. The van der Waals surface area contributed by atoms with Crippen molar-refractivity contribution in [3.63, 3.8) is 0 Å². The van der Waals surface area contributed by atoms with Crippen LogP contribution >= 0.6 is 0 Å². The van der Waals surface area contributed by atoms with Crippen molar-refractivity contribution in [2.75, 3.05) is 26.7 Å². The Morgan fingerprint density at radius 3 is 2.67 bits per heavy atom. The summed E-state index contributed by atoms with van der Waals surface area (Å²) in [5.74, 6) is 6.12. The van der Waals surface area contributed by atoms with Crippen molar-refractivity contribution in [3.05, 3.63) is 53.9 Å². The van der Waals surface area contributed by atoms with Gasteiger partial charge < -0.3 is 14.7 Å². The van der Waals surface area contributed by atoms with E-state index >= 15 is 0 Å². The zero-order valence-electron chi connectivity index (χ0n) is 21.5. The maximum Gasteiger partial charge on any atom is 0.247 e. The van der Waals surface area contributed by atoms with Crippen LogP contribution in [-0.4, -0.2) is 72.5 Å². The number of carbonyl (C=O) groups is 1. The van der Waals surface area contributed by atoms with E-state index in [4.69, 9.17) is 4.74 Å². The average molecular weight is 514 g/mol. The van der Waals surface area contributed by atoms with Crippen molar-refractivity contribution < 1.29 is 23.1 Å². The van der Waals surface area contributed by atoms with Gasteiger partial charge in [0.1, 0.15) is 16.7 Å². The molecule has 1 aliphatic rings. The minimum atomic E-state index is -3.93. The van der Waals surface area contributed by atoms with Gasteiger partial charge in [-0.05, 0) is 37.3 Å². The number of aliphatic hydroxyl groups is 1. The zero-order chi connectivity index (χ0) is 26.5. The highest BCUT2D eigenvalue weighted by atomic mass is 32.2. The van der Waals surface area contributed by atoms with Gasteiger partial charge in [-0.3, -0.25) is 9.78 Å².